The SMILES string of the molecule is CC(C)(C)C1CCc2c(sc(NC(=O)Cn3cnc(C(N)=O)c3)c2C#N)C1. The maximum atomic E-state index is 12.4. The fourth-order valence-electron chi connectivity index (χ4n) is 3.44. The molecule has 2 amide bonds. The number of rotatable bonds is 4. The van der Waals surface area contributed by atoms with E-state index in [2.05, 4.69) is 37.1 Å². The van der Waals surface area contributed by atoms with Crippen LogP contribution in [0, 0.1) is 22.7 Å². The zero-order chi connectivity index (χ0) is 19.8. The van der Waals surface area contributed by atoms with Crippen LogP contribution in [0.5, 0.6) is 0 Å². The van der Waals surface area contributed by atoms with Crippen LogP contribution in [0.25, 0.3) is 0 Å². The molecule has 0 saturated carbocycles. The summed E-state index contributed by atoms with van der Waals surface area (Å²) in [6.45, 7) is 6.74. The van der Waals surface area contributed by atoms with Crippen molar-refractivity contribution in [3.63, 3.8) is 0 Å². The summed E-state index contributed by atoms with van der Waals surface area (Å²) in [6, 6.07) is 2.26. The summed E-state index contributed by atoms with van der Waals surface area (Å²) in [5.74, 6) is -0.344. The summed E-state index contributed by atoms with van der Waals surface area (Å²) in [5, 5.41) is 13.1. The minimum Gasteiger partial charge on any atom is -0.364 e. The van der Waals surface area contributed by atoms with Crippen molar-refractivity contribution in [3.05, 3.63) is 34.2 Å². The molecule has 142 valence electrons. The van der Waals surface area contributed by atoms with Gasteiger partial charge in [-0.25, -0.2) is 4.98 Å². The first-order valence-electron chi connectivity index (χ1n) is 8.85. The second-order valence-electron chi connectivity index (χ2n) is 7.97. The number of amides is 2. The van der Waals surface area contributed by atoms with Crippen LogP contribution in [0.4, 0.5) is 5.00 Å². The Hall–Kier alpha value is -2.66. The van der Waals surface area contributed by atoms with Crippen LogP contribution in [-0.4, -0.2) is 21.4 Å². The average Bonchev–Trinajstić information content (AvgIpc) is 3.17. The lowest BCUT2D eigenvalue weighted by Gasteiger charge is -2.33. The molecule has 2 aromatic rings. The maximum Gasteiger partial charge on any atom is 0.268 e. The van der Waals surface area contributed by atoms with Crippen molar-refractivity contribution in [2.75, 3.05) is 5.32 Å². The lowest BCUT2D eigenvalue weighted by Crippen LogP contribution is -2.26. The number of imidazole rings is 1. The summed E-state index contributed by atoms with van der Waals surface area (Å²) in [5.41, 5.74) is 7.16. The predicted octanol–water partition coefficient (Wildman–Crippen LogP) is 2.70. The predicted molar refractivity (Wildman–Crippen MR) is 103 cm³/mol. The first kappa shape index (κ1) is 19.1. The quantitative estimate of drug-likeness (QED) is 0.842. The van der Waals surface area contributed by atoms with E-state index in [1.165, 1.54) is 33.3 Å². The number of nitrogens with one attached hydrogen (secondary N) is 1. The molecular weight excluding hydrogens is 362 g/mol. The molecule has 1 atom stereocenters. The van der Waals surface area contributed by atoms with Gasteiger partial charge in [-0.2, -0.15) is 5.26 Å². The van der Waals surface area contributed by atoms with E-state index < -0.39 is 5.91 Å². The van der Waals surface area contributed by atoms with Crippen molar-refractivity contribution < 1.29 is 9.59 Å². The second kappa shape index (κ2) is 7.16. The molecular formula is C19H23N5O2S. The van der Waals surface area contributed by atoms with Crippen molar-refractivity contribution in [2.45, 2.75) is 46.6 Å². The Morgan fingerprint density at radius 3 is 2.81 bits per heavy atom. The van der Waals surface area contributed by atoms with Crippen molar-refractivity contribution in [3.8, 4) is 6.07 Å². The molecule has 8 heteroatoms. The van der Waals surface area contributed by atoms with Crippen LogP contribution >= 0.6 is 11.3 Å². The monoisotopic (exact) mass is 385 g/mol. The largest absolute Gasteiger partial charge is 0.364 e. The van der Waals surface area contributed by atoms with Gasteiger partial charge in [-0.05, 0) is 36.2 Å². The van der Waals surface area contributed by atoms with Gasteiger partial charge < -0.3 is 15.6 Å². The highest BCUT2D eigenvalue weighted by Gasteiger charge is 2.32. The summed E-state index contributed by atoms with van der Waals surface area (Å²) in [7, 11) is 0. The summed E-state index contributed by atoms with van der Waals surface area (Å²) in [6.07, 6.45) is 5.69. The van der Waals surface area contributed by atoms with Crippen LogP contribution in [0.3, 0.4) is 0 Å². The van der Waals surface area contributed by atoms with Gasteiger partial charge in [0.15, 0.2) is 0 Å². The van der Waals surface area contributed by atoms with E-state index in [0.29, 0.717) is 16.5 Å². The summed E-state index contributed by atoms with van der Waals surface area (Å²) >= 11 is 1.50. The van der Waals surface area contributed by atoms with Gasteiger partial charge in [0.25, 0.3) is 5.91 Å². The van der Waals surface area contributed by atoms with Crippen LogP contribution in [0.15, 0.2) is 12.5 Å². The number of primary amides is 1. The molecule has 0 fully saturated rings. The number of fused-ring (bicyclic) bond motifs is 1. The number of anilines is 1. The second-order valence-corrected chi connectivity index (χ2v) is 9.07. The van der Waals surface area contributed by atoms with Gasteiger partial charge in [-0.1, -0.05) is 20.8 Å². The van der Waals surface area contributed by atoms with E-state index in [9.17, 15) is 14.9 Å². The van der Waals surface area contributed by atoms with E-state index in [4.69, 9.17) is 5.73 Å². The van der Waals surface area contributed by atoms with E-state index in [0.717, 1.165) is 24.8 Å². The zero-order valence-corrected chi connectivity index (χ0v) is 16.5. The molecule has 1 aliphatic rings. The first-order valence-corrected chi connectivity index (χ1v) is 9.66. The van der Waals surface area contributed by atoms with E-state index in [1.807, 2.05) is 0 Å². The number of carbonyl (C=O) groups excluding carboxylic acids is 2. The van der Waals surface area contributed by atoms with Gasteiger partial charge in [0, 0.05) is 11.1 Å². The molecule has 3 rings (SSSR count). The first-order chi connectivity index (χ1) is 12.7. The Kier molecular flexibility index (Phi) is 5.07. The molecule has 2 aromatic heterocycles. The van der Waals surface area contributed by atoms with Gasteiger partial charge in [0.05, 0.1) is 11.9 Å². The summed E-state index contributed by atoms with van der Waals surface area (Å²) < 4.78 is 1.49. The van der Waals surface area contributed by atoms with Gasteiger partial charge in [0.1, 0.15) is 23.3 Å². The van der Waals surface area contributed by atoms with Crippen LogP contribution < -0.4 is 11.1 Å². The van der Waals surface area contributed by atoms with Crippen molar-refractivity contribution >= 4 is 28.2 Å². The number of nitrogens with zero attached hydrogens (tertiary/aromatic N) is 3. The average molecular weight is 385 g/mol. The van der Waals surface area contributed by atoms with Gasteiger partial charge in [-0.3, -0.25) is 9.59 Å². The van der Waals surface area contributed by atoms with Crippen molar-refractivity contribution in [2.24, 2.45) is 17.1 Å². The number of thiophene rings is 1. The third-order valence-electron chi connectivity index (χ3n) is 5.07. The van der Waals surface area contributed by atoms with Gasteiger partial charge >= 0.3 is 0 Å². The molecule has 0 aromatic carbocycles. The molecule has 0 spiro atoms. The molecule has 0 bridgehead atoms. The van der Waals surface area contributed by atoms with E-state index >= 15 is 0 Å². The Morgan fingerprint density at radius 1 is 1.48 bits per heavy atom. The fourth-order valence-corrected chi connectivity index (χ4v) is 4.73. The standard InChI is InChI=1S/C19H23N5O2S/c1-19(2,3)11-4-5-12-13(7-20)18(27-15(12)6-11)23-16(25)9-24-8-14(17(21)26)22-10-24/h8,10-11H,4-6,9H2,1-3H3,(H2,21,26)(H,23,25). The number of carbonyl (C=O) groups is 2. The van der Waals surface area contributed by atoms with Crippen molar-refractivity contribution in [1.29, 1.82) is 5.26 Å². The third-order valence-corrected chi connectivity index (χ3v) is 6.24. The van der Waals surface area contributed by atoms with Crippen LogP contribution in [0.1, 0.15) is 53.7 Å². The summed E-state index contributed by atoms with van der Waals surface area (Å²) in [4.78, 5) is 28.5. The Balaban J connectivity index is 1.75. The highest BCUT2D eigenvalue weighted by atomic mass is 32.1. The van der Waals surface area contributed by atoms with Crippen LogP contribution in [-0.2, 0) is 24.2 Å². The molecule has 0 aliphatic heterocycles. The third kappa shape index (κ3) is 4.03. The lowest BCUT2D eigenvalue weighted by molar-refractivity contribution is -0.116. The topological polar surface area (TPSA) is 114 Å². The Morgan fingerprint density at radius 2 is 2.22 bits per heavy atom. The molecule has 0 radical (unpaired) electrons. The highest BCUT2D eigenvalue weighted by Crippen LogP contribution is 2.43. The minimum atomic E-state index is -0.639. The van der Waals surface area contributed by atoms with Crippen molar-refractivity contribution in [1.82, 2.24) is 9.55 Å². The number of hydrogen-bond acceptors (Lipinski definition) is 5. The molecule has 7 nitrogen and oxygen atoms in total. The number of nitrogens with two attached hydrogens (primary N) is 1. The molecule has 0 saturated heterocycles. The van der Waals surface area contributed by atoms with E-state index in [1.54, 1.807) is 0 Å². The number of nitriles is 1. The lowest BCUT2D eigenvalue weighted by atomic mass is 9.72. The van der Waals surface area contributed by atoms with Crippen LogP contribution in [0.2, 0.25) is 0 Å². The molecule has 3 N–H and O–H groups in total. The maximum absolute atomic E-state index is 12.4. The zero-order valence-electron chi connectivity index (χ0n) is 15.7. The molecule has 1 unspecified atom stereocenters. The van der Waals surface area contributed by atoms with Gasteiger partial charge in [0.2, 0.25) is 5.91 Å². The number of hydrogen-bond donors (Lipinski definition) is 2. The van der Waals surface area contributed by atoms with Gasteiger partial charge in [-0.15, -0.1) is 11.3 Å². The number of aromatic nitrogens is 2. The smallest absolute Gasteiger partial charge is 0.268 e. The Bertz CT molecular complexity index is 929. The fraction of sp³-hybridized carbons (Fsp3) is 0.474. The molecule has 27 heavy (non-hydrogen) atoms. The van der Waals surface area contributed by atoms with E-state index in [-0.39, 0.29) is 23.6 Å². The normalized spacial score (nSPS) is 16.4. The molecule has 2 heterocycles. The Labute approximate surface area is 162 Å². The molecule has 1 aliphatic carbocycles. The highest BCUT2D eigenvalue weighted by molar-refractivity contribution is 7.16. The minimum absolute atomic E-state index is 0.00166.